The molecule has 23 nitrogen and oxygen atoms in total. The molecule has 2 saturated heterocycles. The van der Waals surface area contributed by atoms with Crippen molar-refractivity contribution in [1.82, 2.24) is 36.1 Å². The fourth-order valence-corrected chi connectivity index (χ4v) is 11.0. The van der Waals surface area contributed by atoms with Crippen LogP contribution in [0.3, 0.4) is 0 Å². The summed E-state index contributed by atoms with van der Waals surface area (Å²) in [5.41, 5.74) is 2.91. The summed E-state index contributed by atoms with van der Waals surface area (Å²) in [7, 11) is 7.66. The molecule has 5 N–H and O–H groups in total. The van der Waals surface area contributed by atoms with Crippen LogP contribution in [0.5, 0.6) is 0 Å². The highest BCUT2D eigenvalue weighted by Gasteiger charge is 2.42. The summed E-state index contributed by atoms with van der Waals surface area (Å²) in [5.74, 6) is 1.15. The Morgan fingerprint density at radius 2 is 1.35 bits per heavy atom. The Morgan fingerprint density at radius 3 is 1.99 bits per heavy atom. The fraction of sp³-hybridized carbons (Fsp3) is 0.550. The van der Waals surface area contributed by atoms with E-state index in [9.17, 15) is 33.9 Å². The number of nitrogens with one attached hydrogen (secondary N) is 5. The van der Waals surface area contributed by atoms with Gasteiger partial charge < -0.3 is 83.9 Å². The molecule has 2 fully saturated rings. The van der Waals surface area contributed by atoms with Gasteiger partial charge in [0.2, 0.25) is 23.1 Å². The second-order valence-electron chi connectivity index (χ2n) is 20.3. The Hall–Kier alpha value is -6.82. The van der Waals surface area contributed by atoms with E-state index in [1.54, 1.807) is 6.07 Å². The number of carboxylic acid groups (broad SMARTS) is 1. The number of ether oxygens (including phenoxy) is 7. The smallest absolute Gasteiger partial charge is 0.315 e. The third-order valence-corrected chi connectivity index (χ3v) is 15.4. The molecule has 2 aromatic carbocycles. The topological polar surface area (TPSA) is 273 Å². The van der Waals surface area contributed by atoms with Gasteiger partial charge in [-0.25, -0.2) is 9.37 Å². The Balaban J connectivity index is 0.901. The van der Waals surface area contributed by atoms with Crippen LogP contribution in [0.2, 0.25) is 0 Å². The van der Waals surface area contributed by atoms with Gasteiger partial charge >= 0.3 is 6.03 Å². The van der Waals surface area contributed by atoms with Crippen molar-refractivity contribution in [3.8, 4) is 34.8 Å². The largest absolute Gasteiger partial charge is 0.545 e. The molecule has 24 heteroatoms. The lowest BCUT2D eigenvalue weighted by Gasteiger charge is -2.23. The number of anilines is 1. The maximum absolute atomic E-state index is 13.7. The molecule has 3 aliphatic heterocycles. The molecular weight excluding hydrogens is 1100 g/mol. The number of thioether (sulfide) groups is 1. The van der Waals surface area contributed by atoms with E-state index in [-0.39, 0.29) is 112 Å². The van der Waals surface area contributed by atoms with Gasteiger partial charge in [0.1, 0.15) is 32.0 Å². The van der Waals surface area contributed by atoms with Gasteiger partial charge in [-0.15, -0.1) is 6.42 Å². The van der Waals surface area contributed by atoms with Crippen LogP contribution < -0.4 is 46.5 Å². The minimum Gasteiger partial charge on any atom is -0.545 e. The van der Waals surface area contributed by atoms with Gasteiger partial charge in [-0.3, -0.25) is 19.2 Å². The van der Waals surface area contributed by atoms with Crippen LogP contribution in [-0.2, 0) is 47.5 Å². The minimum absolute atomic E-state index is 0.00459. The molecule has 0 radical (unpaired) electrons. The van der Waals surface area contributed by atoms with Crippen LogP contribution in [0.4, 0.5) is 10.5 Å². The minimum atomic E-state index is -1.48. The van der Waals surface area contributed by atoms with Crippen LogP contribution in [0.15, 0.2) is 59.0 Å². The molecule has 2 aromatic rings. The van der Waals surface area contributed by atoms with Crippen molar-refractivity contribution in [2.75, 3.05) is 164 Å². The van der Waals surface area contributed by atoms with Crippen molar-refractivity contribution in [3.05, 3.63) is 71.1 Å². The number of benzene rings is 3. The Bertz CT molecular complexity index is 2870. The number of urea groups is 1. The van der Waals surface area contributed by atoms with Gasteiger partial charge in [0.15, 0.2) is 0 Å². The normalized spacial score (nSPS) is 15.3. The van der Waals surface area contributed by atoms with Gasteiger partial charge in [-0.05, 0) is 48.7 Å². The summed E-state index contributed by atoms with van der Waals surface area (Å²) in [6.45, 7) is 5.18. The van der Waals surface area contributed by atoms with Crippen molar-refractivity contribution in [1.29, 1.82) is 0 Å². The molecule has 6 rings (SSSR count). The fourth-order valence-electron chi connectivity index (χ4n) is 9.41. The first kappa shape index (κ1) is 66.3. The van der Waals surface area contributed by atoms with Crippen molar-refractivity contribution in [2.24, 2.45) is 0 Å². The van der Waals surface area contributed by atoms with Crippen LogP contribution >= 0.6 is 11.8 Å². The number of carbonyl (C=O) groups excluding carboxylic acids is 6. The molecule has 0 unspecified atom stereocenters. The summed E-state index contributed by atoms with van der Waals surface area (Å²) in [6.07, 6.45) is 8.18. The van der Waals surface area contributed by atoms with E-state index in [4.69, 9.17) is 44.0 Å². The van der Waals surface area contributed by atoms with Gasteiger partial charge in [0.25, 0.3) is 5.91 Å². The summed E-state index contributed by atoms with van der Waals surface area (Å²) in [6, 6.07) is 16.1. The summed E-state index contributed by atoms with van der Waals surface area (Å²) in [5, 5.41) is 29.2. The number of unbranched alkanes of at least 4 members (excludes halogenated alkanes) is 1. The predicted molar refractivity (Wildman–Crippen MR) is 317 cm³/mol. The number of rotatable bonds is 40. The number of carbonyl (C=O) groups is 6. The van der Waals surface area contributed by atoms with Crippen LogP contribution in [0.25, 0.3) is 33.4 Å². The highest BCUT2D eigenvalue weighted by Crippen LogP contribution is 2.42. The number of carboxylic acids is 1. The van der Waals surface area contributed by atoms with Crippen LogP contribution in [0.1, 0.15) is 59.2 Å². The molecule has 3 heterocycles. The number of aromatic carboxylic acids is 1. The summed E-state index contributed by atoms with van der Waals surface area (Å²) >= 11 is 1.87. The quantitative estimate of drug-likeness (QED) is 0.0139. The molecule has 3 atom stereocenters. The van der Waals surface area contributed by atoms with E-state index in [1.807, 2.05) is 85.8 Å². The average molecular weight is 1190 g/mol. The van der Waals surface area contributed by atoms with Gasteiger partial charge in [0, 0.05) is 123 Å². The molecule has 1 aliphatic carbocycles. The van der Waals surface area contributed by atoms with E-state index in [2.05, 4.69) is 32.5 Å². The average Bonchev–Trinajstić information content (AvgIpc) is 1.39. The number of fused-ring (bicyclic) bond motifs is 3. The number of amides is 6. The number of hydrogen-bond donors (Lipinski definition) is 5. The van der Waals surface area contributed by atoms with Crippen molar-refractivity contribution < 1.29 is 71.4 Å². The van der Waals surface area contributed by atoms with Gasteiger partial charge in [-0.1, -0.05) is 18.4 Å². The summed E-state index contributed by atoms with van der Waals surface area (Å²) < 4.78 is 47.0. The second-order valence-corrected chi connectivity index (χ2v) is 21.6. The predicted octanol–water partition coefficient (Wildman–Crippen LogP) is 1.71. The first-order valence-electron chi connectivity index (χ1n) is 28.5. The highest BCUT2D eigenvalue weighted by molar-refractivity contribution is 8.00. The first-order chi connectivity index (χ1) is 40.7. The maximum atomic E-state index is 13.7. The molecule has 0 aromatic heterocycles. The van der Waals surface area contributed by atoms with Gasteiger partial charge in [0.05, 0.1) is 110 Å². The van der Waals surface area contributed by atoms with Crippen molar-refractivity contribution >= 4 is 64.0 Å². The lowest BCUT2D eigenvalue weighted by Crippen LogP contribution is -2.39. The number of hydrogen-bond acceptors (Lipinski definition) is 17. The van der Waals surface area contributed by atoms with Crippen molar-refractivity contribution in [2.45, 2.75) is 55.9 Å². The molecular formula is C60H82N8O15S. The van der Waals surface area contributed by atoms with E-state index in [0.717, 1.165) is 36.1 Å². The Kier molecular flexibility index (Phi) is 28.5. The van der Waals surface area contributed by atoms with Crippen molar-refractivity contribution in [3.63, 3.8) is 0 Å². The van der Waals surface area contributed by atoms with Gasteiger partial charge in [-0.2, -0.15) is 11.8 Å². The lowest BCUT2D eigenvalue weighted by molar-refractivity contribution is -0.255. The van der Waals surface area contributed by atoms with E-state index in [1.165, 1.54) is 17.0 Å². The van der Waals surface area contributed by atoms with E-state index >= 15 is 0 Å². The molecule has 6 amide bonds. The molecule has 0 bridgehead atoms. The SMILES string of the molecule is C#CCOCCOCCOCCOCCN(CCC(=O)NCCOCCOCCOCCNC(=O)CCCC[C@@H]1SC[C@@H]2NC(=O)N[C@@H]21)C(=O)CCNC(=O)c1ccc(-c2c3ccc(=[N+](C)C)cc-3oc3cc(N(C)C)ccc23)c(C(=O)[O-])c1. The van der Waals surface area contributed by atoms with Crippen LogP contribution in [0, 0.1) is 12.3 Å². The standard InChI is InChI=1S/C60H82N8O15S/c1-6-24-76-28-32-80-36-37-82-35-31-79-27-23-68(22-18-54(70)62-21-26-78-30-34-81-33-29-77-25-20-61-53(69)10-8-7-9-52-57-49(41-84-52)64-60(75)65-57)55(71)17-19-63-58(72)42-11-14-45(48(38-42)59(73)74)56-46-15-12-43(66(2)3)39-50(46)83-51-40-44(67(4)5)13-16-47(51)56/h1,11-16,38-40,49,52,57H,7-10,17-37,41H2,2-5H3,(H5-,61,62,63,64,65,69,70,72,73,74,75)/t49-,52-,57-/m0/s1. The zero-order valence-corrected chi connectivity index (χ0v) is 49.6. The van der Waals surface area contributed by atoms with Crippen LogP contribution in [-0.4, -0.2) is 217 Å². The lowest BCUT2D eigenvalue weighted by atomic mass is 9.89. The highest BCUT2D eigenvalue weighted by atomic mass is 32.2. The molecule has 458 valence electrons. The monoisotopic (exact) mass is 1190 g/mol. The number of nitrogens with zero attached hydrogens (tertiary/aromatic N) is 3. The zero-order valence-electron chi connectivity index (χ0n) is 48.8. The first-order valence-corrected chi connectivity index (χ1v) is 29.6. The molecule has 84 heavy (non-hydrogen) atoms. The zero-order chi connectivity index (χ0) is 60.1. The third kappa shape index (κ3) is 21.7. The maximum Gasteiger partial charge on any atom is 0.315 e. The third-order valence-electron chi connectivity index (χ3n) is 13.8. The number of terminal acetylenes is 1. The molecule has 4 aliphatic rings. The summed E-state index contributed by atoms with van der Waals surface area (Å²) in [4.78, 5) is 80.3. The molecule has 0 saturated carbocycles. The Labute approximate surface area is 495 Å². The van der Waals surface area contributed by atoms with E-state index in [0.29, 0.717) is 118 Å². The van der Waals surface area contributed by atoms with E-state index < -0.39 is 11.9 Å². The Morgan fingerprint density at radius 1 is 0.714 bits per heavy atom. The molecule has 0 spiro atoms. The second kappa shape index (κ2) is 36.1.